The second kappa shape index (κ2) is 9.40. The minimum Gasteiger partial charge on any atom is -0.465 e. The van der Waals surface area contributed by atoms with Crippen LogP contribution in [0.15, 0.2) is 0 Å². The van der Waals surface area contributed by atoms with Crippen molar-refractivity contribution < 1.29 is 84.9 Å². The molecule has 0 bridgehead atoms. The van der Waals surface area contributed by atoms with Gasteiger partial charge in [0.2, 0.25) is 0 Å². The van der Waals surface area contributed by atoms with E-state index in [4.69, 9.17) is 0 Å². The van der Waals surface area contributed by atoms with E-state index in [0.29, 0.717) is 0 Å². The van der Waals surface area contributed by atoms with Crippen LogP contribution >= 0.6 is 0 Å². The molecular weight excluding hydrogens is 541 g/mol. The number of esters is 2. The zero-order valence-corrected chi connectivity index (χ0v) is 17.4. The van der Waals surface area contributed by atoms with Crippen molar-refractivity contribution in [1.82, 2.24) is 0 Å². The minimum atomic E-state index is -7.89. The third kappa shape index (κ3) is 5.83. The molecule has 0 saturated carbocycles. The molecule has 0 fully saturated rings. The highest BCUT2D eigenvalue weighted by Gasteiger charge is 2.85. The van der Waals surface area contributed by atoms with E-state index in [2.05, 4.69) is 9.47 Å². The predicted molar refractivity (Wildman–Crippen MR) is 81.5 cm³/mol. The highest BCUT2D eigenvalue weighted by Crippen LogP contribution is 2.55. The van der Waals surface area contributed by atoms with Gasteiger partial charge in [0.25, 0.3) is 0 Å². The third-order valence-electron chi connectivity index (χ3n) is 4.71. The maximum atomic E-state index is 13.6. The lowest BCUT2D eigenvalue weighted by Gasteiger charge is -2.38. The van der Waals surface area contributed by atoms with Crippen molar-refractivity contribution in [2.24, 2.45) is 5.41 Å². The second-order valence-electron chi connectivity index (χ2n) is 7.56. The first kappa shape index (κ1) is 32.9. The van der Waals surface area contributed by atoms with Crippen LogP contribution in [-0.4, -0.2) is 60.4 Å². The molecule has 0 N–H and O–H groups in total. The summed E-state index contributed by atoms with van der Waals surface area (Å²) in [5, 5.41) is 0. The molecule has 0 aliphatic heterocycles. The van der Waals surface area contributed by atoms with Crippen molar-refractivity contribution >= 4 is 11.9 Å². The number of ether oxygens (including phenoxy) is 2. The Bertz CT molecular complexity index is 763. The van der Waals surface area contributed by atoms with Crippen LogP contribution < -0.4 is 0 Å². The first-order valence-electron chi connectivity index (χ1n) is 8.81. The zero-order chi connectivity index (χ0) is 28.7. The Hall–Kier alpha value is -2.11. The summed E-state index contributed by atoms with van der Waals surface area (Å²) < 4.78 is 202. The number of carbonyl (C=O) groups is 2. The lowest BCUT2D eigenvalue weighted by atomic mass is 9.90. The summed E-state index contributed by atoms with van der Waals surface area (Å²) in [6.45, 7) is 1.56. The van der Waals surface area contributed by atoms with Crippen molar-refractivity contribution in [3.05, 3.63) is 0 Å². The van der Waals surface area contributed by atoms with Gasteiger partial charge in [-0.05, 0) is 20.3 Å². The Morgan fingerprint density at radius 2 is 1.03 bits per heavy atom. The summed E-state index contributed by atoms with van der Waals surface area (Å²) in [6, 6.07) is 0. The lowest BCUT2D eigenvalue weighted by molar-refractivity contribution is -0.402. The Labute approximate surface area is 185 Å². The fraction of sp³-hybridized carbons (Fsp3) is 0.875. The van der Waals surface area contributed by atoms with Crippen molar-refractivity contribution in [2.45, 2.75) is 75.5 Å². The van der Waals surface area contributed by atoms with Gasteiger partial charge in [-0.1, -0.05) is 6.92 Å². The van der Waals surface area contributed by atoms with Gasteiger partial charge in [-0.15, -0.1) is 0 Å². The Morgan fingerprint density at radius 1 is 0.629 bits per heavy atom. The fourth-order valence-corrected chi connectivity index (χ4v) is 1.96. The summed E-state index contributed by atoms with van der Waals surface area (Å²) in [4.78, 5) is 22.9. The second-order valence-corrected chi connectivity index (χ2v) is 7.56. The molecule has 0 aromatic rings. The largest absolute Gasteiger partial charge is 0.465 e. The number of halogens is 15. The average Bonchev–Trinajstić information content (AvgIpc) is 2.63. The predicted octanol–water partition coefficient (Wildman–Crippen LogP) is 6.23. The summed E-state index contributed by atoms with van der Waals surface area (Å²) in [7, 11) is 0. The van der Waals surface area contributed by atoms with Crippen LogP contribution in [0.3, 0.4) is 0 Å². The molecule has 0 rings (SSSR count). The van der Waals surface area contributed by atoms with E-state index in [1.807, 2.05) is 0 Å². The molecular formula is C16H15F15O4. The van der Waals surface area contributed by atoms with E-state index in [9.17, 15) is 75.4 Å². The van der Waals surface area contributed by atoms with Crippen LogP contribution in [0.5, 0.6) is 0 Å². The van der Waals surface area contributed by atoms with Crippen LogP contribution in [0.2, 0.25) is 0 Å². The van der Waals surface area contributed by atoms with Crippen molar-refractivity contribution in [1.29, 1.82) is 0 Å². The van der Waals surface area contributed by atoms with Gasteiger partial charge >= 0.3 is 53.8 Å². The molecule has 0 spiro atoms. The smallest absolute Gasteiger partial charge is 0.460 e. The Morgan fingerprint density at radius 3 is 1.34 bits per heavy atom. The van der Waals surface area contributed by atoms with Gasteiger partial charge in [0, 0.05) is 6.42 Å². The number of carbonyl (C=O) groups excluding carboxylic acids is 2. The SMILES string of the molecule is CCC(C)(C)C(=O)OCCC(OC(=O)C(F)(F)C(F)(F)C(F)(F)C(F)(F)F)(C(F)(F)F)C(F)(F)F. The van der Waals surface area contributed by atoms with Crippen LogP contribution in [0.25, 0.3) is 0 Å². The summed E-state index contributed by atoms with van der Waals surface area (Å²) in [6.07, 6.45) is -24.4. The van der Waals surface area contributed by atoms with Crippen molar-refractivity contribution in [2.75, 3.05) is 6.61 Å². The standard InChI is InChI=1S/C16H15F15O4/c1-4-9(2,3)7(32)34-6-5-10(14(23,24)25,15(26,27)28)35-8(33)11(17,18)12(19,20)13(21,22)16(29,30)31/h4-6H2,1-3H3. The third-order valence-corrected chi connectivity index (χ3v) is 4.71. The summed E-state index contributed by atoms with van der Waals surface area (Å²) in [5.41, 5.74) is -7.69. The van der Waals surface area contributed by atoms with Gasteiger partial charge in [-0.3, -0.25) is 4.79 Å². The number of rotatable bonds is 9. The number of alkyl halides is 15. The van der Waals surface area contributed by atoms with E-state index in [0.717, 1.165) is 13.8 Å². The highest BCUT2D eigenvalue weighted by atomic mass is 19.4. The maximum Gasteiger partial charge on any atom is 0.460 e. The molecule has 0 amide bonds. The first-order chi connectivity index (χ1) is 15.1. The monoisotopic (exact) mass is 556 g/mol. The molecule has 4 nitrogen and oxygen atoms in total. The van der Waals surface area contributed by atoms with E-state index in [-0.39, 0.29) is 6.42 Å². The molecule has 0 aromatic heterocycles. The molecule has 0 aromatic carbocycles. The van der Waals surface area contributed by atoms with Crippen LogP contribution in [0, 0.1) is 5.41 Å². The first-order valence-corrected chi connectivity index (χ1v) is 8.81. The molecule has 0 aliphatic carbocycles. The summed E-state index contributed by atoms with van der Waals surface area (Å²) >= 11 is 0. The van der Waals surface area contributed by atoms with E-state index >= 15 is 0 Å². The zero-order valence-electron chi connectivity index (χ0n) is 17.4. The van der Waals surface area contributed by atoms with Crippen LogP contribution in [0.4, 0.5) is 65.9 Å². The van der Waals surface area contributed by atoms with Crippen molar-refractivity contribution in [3.8, 4) is 0 Å². The number of hydrogen-bond donors (Lipinski definition) is 0. The maximum absolute atomic E-state index is 13.6. The molecule has 0 heterocycles. The van der Waals surface area contributed by atoms with Gasteiger partial charge < -0.3 is 9.47 Å². The minimum absolute atomic E-state index is 0.0841. The van der Waals surface area contributed by atoms with E-state index in [1.54, 1.807) is 0 Å². The highest BCUT2D eigenvalue weighted by molar-refractivity contribution is 5.80. The Kier molecular flexibility index (Phi) is 8.84. The van der Waals surface area contributed by atoms with Crippen molar-refractivity contribution in [3.63, 3.8) is 0 Å². The van der Waals surface area contributed by atoms with Gasteiger partial charge in [0.1, 0.15) is 0 Å². The molecule has 19 heteroatoms. The molecule has 35 heavy (non-hydrogen) atoms. The fourth-order valence-electron chi connectivity index (χ4n) is 1.96. The van der Waals surface area contributed by atoms with E-state index < -0.39 is 72.3 Å². The van der Waals surface area contributed by atoms with Crippen LogP contribution in [0.1, 0.15) is 33.6 Å². The Balaban J connectivity index is 6.42. The molecule has 0 atom stereocenters. The average molecular weight is 556 g/mol. The van der Waals surface area contributed by atoms with Gasteiger partial charge in [-0.25, -0.2) is 4.79 Å². The lowest BCUT2D eigenvalue weighted by Crippen LogP contribution is -2.67. The molecule has 0 aliphatic rings. The van der Waals surface area contributed by atoms with E-state index in [1.165, 1.54) is 6.92 Å². The van der Waals surface area contributed by atoms with Crippen LogP contribution in [-0.2, 0) is 19.1 Å². The number of hydrogen-bond acceptors (Lipinski definition) is 4. The quantitative estimate of drug-likeness (QED) is 0.250. The molecule has 0 saturated heterocycles. The molecule has 0 radical (unpaired) electrons. The van der Waals surface area contributed by atoms with Gasteiger partial charge in [0.05, 0.1) is 12.0 Å². The normalized spacial score (nSPS) is 15.1. The van der Waals surface area contributed by atoms with Gasteiger partial charge in [0.15, 0.2) is 0 Å². The summed E-state index contributed by atoms with van der Waals surface area (Å²) in [5.74, 6) is -29.4. The topological polar surface area (TPSA) is 52.6 Å². The molecule has 208 valence electrons. The van der Waals surface area contributed by atoms with Gasteiger partial charge in [-0.2, -0.15) is 65.9 Å². The molecule has 0 unspecified atom stereocenters.